The van der Waals surface area contributed by atoms with Crippen LogP contribution >= 0.6 is 0 Å². The largest absolute Gasteiger partial charge is 0.358 e. The molecule has 1 atom stereocenters. The lowest BCUT2D eigenvalue weighted by molar-refractivity contribution is -0.122. The predicted molar refractivity (Wildman–Crippen MR) is 62.7 cm³/mol. The summed E-state index contributed by atoms with van der Waals surface area (Å²) in [5.41, 5.74) is 0. The van der Waals surface area contributed by atoms with E-state index in [0.29, 0.717) is 0 Å². The van der Waals surface area contributed by atoms with Crippen molar-refractivity contribution in [1.82, 2.24) is 10.6 Å². The topological polar surface area (TPSA) is 41.1 Å². The van der Waals surface area contributed by atoms with Crippen molar-refractivity contribution in [2.45, 2.75) is 45.6 Å². The first kappa shape index (κ1) is 12.5. The van der Waals surface area contributed by atoms with Gasteiger partial charge in [0.1, 0.15) is 0 Å². The molecule has 0 aromatic rings. The van der Waals surface area contributed by atoms with Crippen LogP contribution in [0, 0.1) is 11.8 Å². The van der Waals surface area contributed by atoms with Crippen molar-refractivity contribution in [1.29, 1.82) is 0 Å². The second kappa shape index (κ2) is 6.11. The summed E-state index contributed by atoms with van der Waals surface area (Å²) in [4.78, 5) is 11.3. The highest BCUT2D eigenvalue weighted by molar-refractivity contribution is 5.80. The van der Waals surface area contributed by atoms with Gasteiger partial charge in [0.2, 0.25) is 5.91 Å². The standard InChI is InChI=1S/C12H24N2O/c1-9-4-6-11(7-5-9)8-14-10(2)12(15)13-3/h9-11,14H,4-8H2,1-3H3,(H,13,15)/t9?,10-,11?/m1/s1. The van der Waals surface area contributed by atoms with Gasteiger partial charge in [0, 0.05) is 7.05 Å². The average molecular weight is 212 g/mol. The van der Waals surface area contributed by atoms with E-state index < -0.39 is 0 Å². The summed E-state index contributed by atoms with van der Waals surface area (Å²) >= 11 is 0. The summed E-state index contributed by atoms with van der Waals surface area (Å²) in [5, 5.41) is 5.96. The van der Waals surface area contributed by atoms with E-state index in [2.05, 4.69) is 17.6 Å². The summed E-state index contributed by atoms with van der Waals surface area (Å²) in [6, 6.07) is -0.0608. The average Bonchev–Trinajstić information content (AvgIpc) is 2.26. The van der Waals surface area contributed by atoms with Crippen LogP contribution in [-0.4, -0.2) is 25.5 Å². The summed E-state index contributed by atoms with van der Waals surface area (Å²) in [6.45, 7) is 5.24. The number of rotatable bonds is 4. The van der Waals surface area contributed by atoms with Crippen molar-refractivity contribution in [2.24, 2.45) is 11.8 Å². The molecular weight excluding hydrogens is 188 g/mol. The number of hydrogen-bond donors (Lipinski definition) is 2. The maximum atomic E-state index is 11.3. The summed E-state index contributed by atoms with van der Waals surface area (Å²) in [6.07, 6.45) is 5.32. The van der Waals surface area contributed by atoms with E-state index >= 15 is 0 Å². The zero-order valence-electron chi connectivity index (χ0n) is 10.2. The third-order valence-electron chi connectivity index (χ3n) is 3.49. The van der Waals surface area contributed by atoms with Crippen LogP contribution in [0.3, 0.4) is 0 Å². The van der Waals surface area contributed by atoms with Gasteiger partial charge in [0.25, 0.3) is 0 Å². The maximum absolute atomic E-state index is 11.3. The third-order valence-corrected chi connectivity index (χ3v) is 3.49. The lowest BCUT2D eigenvalue weighted by Crippen LogP contribution is -2.42. The van der Waals surface area contributed by atoms with E-state index in [1.165, 1.54) is 25.7 Å². The minimum absolute atomic E-state index is 0.0608. The van der Waals surface area contributed by atoms with Crippen molar-refractivity contribution < 1.29 is 4.79 Å². The normalized spacial score (nSPS) is 28.5. The second-order valence-corrected chi connectivity index (χ2v) is 4.87. The van der Waals surface area contributed by atoms with Crippen LogP contribution in [0.2, 0.25) is 0 Å². The number of hydrogen-bond acceptors (Lipinski definition) is 2. The third kappa shape index (κ3) is 4.20. The fraction of sp³-hybridized carbons (Fsp3) is 0.917. The Kier molecular flexibility index (Phi) is 5.09. The molecule has 0 unspecified atom stereocenters. The SMILES string of the molecule is CNC(=O)[C@@H](C)NCC1CCC(C)CC1. The molecule has 0 aliphatic heterocycles. The Hall–Kier alpha value is -0.570. The molecule has 1 aliphatic carbocycles. The molecule has 0 spiro atoms. The quantitative estimate of drug-likeness (QED) is 0.742. The highest BCUT2D eigenvalue weighted by Crippen LogP contribution is 2.27. The van der Waals surface area contributed by atoms with E-state index in [1.54, 1.807) is 7.05 Å². The zero-order valence-corrected chi connectivity index (χ0v) is 10.2. The van der Waals surface area contributed by atoms with Crippen molar-refractivity contribution in [3.8, 4) is 0 Å². The Labute approximate surface area is 93.0 Å². The maximum Gasteiger partial charge on any atom is 0.236 e. The van der Waals surface area contributed by atoms with Gasteiger partial charge in [-0.25, -0.2) is 0 Å². The first-order valence-corrected chi connectivity index (χ1v) is 6.08. The summed E-state index contributed by atoms with van der Waals surface area (Å²) in [7, 11) is 1.68. The van der Waals surface area contributed by atoms with Gasteiger partial charge in [-0.2, -0.15) is 0 Å². The molecule has 3 nitrogen and oxygen atoms in total. The monoisotopic (exact) mass is 212 g/mol. The van der Waals surface area contributed by atoms with Crippen LogP contribution in [0.1, 0.15) is 39.5 Å². The number of carbonyl (C=O) groups excluding carboxylic acids is 1. The van der Waals surface area contributed by atoms with Crippen molar-refractivity contribution in [3.05, 3.63) is 0 Å². The van der Waals surface area contributed by atoms with Crippen molar-refractivity contribution in [3.63, 3.8) is 0 Å². The first-order chi connectivity index (χ1) is 7.13. The van der Waals surface area contributed by atoms with Crippen molar-refractivity contribution >= 4 is 5.91 Å². The smallest absolute Gasteiger partial charge is 0.236 e. The molecule has 1 amide bonds. The molecule has 0 radical (unpaired) electrons. The molecule has 1 fully saturated rings. The fourth-order valence-corrected chi connectivity index (χ4v) is 2.19. The van der Waals surface area contributed by atoms with Crippen LogP contribution in [0.25, 0.3) is 0 Å². The molecule has 1 rings (SSSR count). The first-order valence-electron chi connectivity index (χ1n) is 6.08. The van der Waals surface area contributed by atoms with Gasteiger partial charge in [-0.1, -0.05) is 19.8 Å². The molecule has 0 saturated heterocycles. The van der Waals surface area contributed by atoms with E-state index in [1.807, 2.05) is 6.92 Å². The Morgan fingerprint density at radius 1 is 1.33 bits per heavy atom. The molecule has 2 N–H and O–H groups in total. The van der Waals surface area contributed by atoms with E-state index in [9.17, 15) is 4.79 Å². The Bertz CT molecular complexity index is 198. The Morgan fingerprint density at radius 2 is 1.93 bits per heavy atom. The van der Waals surface area contributed by atoms with Crippen LogP contribution in [0.5, 0.6) is 0 Å². The number of carbonyl (C=O) groups is 1. The van der Waals surface area contributed by atoms with Gasteiger partial charge in [0.05, 0.1) is 6.04 Å². The van der Waals surface area contributed by atoms with E-state index in [4.69, 9.17) is 0 Å². The fourth-order valence-electron chi connectivity index (χ4n) is 2.19. The minimum Gasteiger partial charge on any atom is -0.358 e. The number of amides is 1. The lowest BCUT2D eigenvalue weighted by Gasteiger charge is -2.27. The molecule has 0 heterocycles. The Balaban J connectivity index is 2.17. The van der Waals surface area contributed by atoms with Gasteiger partial charge in [-0.3, -0.25) is 4.79 Å². The van der Waals surface area contributed by atoms with Crippen LogP contribution in [-0.2, 0) is 4.79 Å². The molecule has 15 heavy (non-hydrogen) atoms. The molecule has 0 aromatic heterocycles. The number of likely N-dealkylation sites (N-methyl/N-ethyl adjacent to an activating group) is 1. The predicted octanol–water partition coefficient (Wildman–Crippen LogP) is 1.54. The molecular formula is C12H24N2O. The van der Waals surface area contributed by atoms with Gasteiger partial charge in [0.15, 0.2) is 0 Å². The summed E-state index contributed by atoms with van der Waals surface area (Å²) in [5.74, 6) is 1.75. The molecule has 3 heteroatoms. The van der Waals surface area contributed by atoms with E-state index in [-0.39, 0.29) is 11.9 Å². The molecule has 0 aromatic carbocycles. The molecule has 88 valence electrons. The van der Waals surface area contributed by atoms with Gasteiger partial charge < -0.3 is 10.6 Å². The van der Waals surface area contributed by atoms with Gasteiger partial charge in [-0.05, 0) is 38.1 Å². The second-order valence-electron chi connectivity index (χ2n) is 4.87. The number of nitrogens with one attached hydrogen (secondary N) is 2. The van der Waals surface area contributed by atoms with Gasteiger partial charge >= 0.3 is 0 Å². The van der Waals surface area contributed by atoms with Crippen LogP contribution in [0.4, 0.5) is 0 Å². The molecule has 0 bridgehead atoms. The van der Waals surface area contributed by atoms with Gasteiger partial charge in [-0.15, -0.1) is 0 Å². The Morgan fingerprint density at radius 3 is 2.47 bits per heavy atom. The highest BCUT2D eigenvalue weighted by Gasteiger charge is 2.19. The summed E-state index contributed by atoms with van der Waals surface area (Å²) < 4.78 is 0. The minimum atomic E-state index is -0.0608. The molecule has 1 saturated carbocycles. The zero-order chi connectivity index (χ0) is 11.3. The van der Waals surface area contributed by atoms with Crippen LogP contribution < -0.4 is 10.6 Å². The van der Waals surface area contributed by atoms with Crippen LogP contribution in [0.15, 0.2) is 0 Å². The highest BCUT2D eigenvalue weighted by atomic mass is 16.2. The van der Waals surface area contributed by atoms with E-state index in [0.717, 1.165) is 18.4 Å². The molecule has 1 aliphatic rings. The lowest BCUT2D eigenvalue weighted by atomic mass is 9.83. The van der Waals surface area contributed by atoms with Crippen molar-refractivity contribution in [2.75, 3.05) is 13.6 Å².